The average Bonchev–Trinajstić information content (AvgIpc) is 3.51. The van der Waals surface area contributed by atoms with Crippen molar-refractivity contribution in [1.29, 1.82) is 0 Å². The van der Waals surface area contributed by atoms with Gasteiger partial charge >= 0.3 is 6.03 Å². The predicted octanol–water partition coefficient (Wildman–Crippen LogP) is 0.231. The van der Waals surface area contributed by atoms with E-state index in [-0.39, 0.29) is 0 Å². The van der Waals surface area contributed by atoms with Crippen LogP contribution in [0.25, 0.3) is 5.76 Å². The lowest BCUT2D eigenvalue weighted by atomic mass is 10.1. The molecular weight excluding hydrogens is 673 g/mol. The highest BCUT2D eigenvalue weighted by atomic mass is 31.3. The molecule has 2 aromatic carbocycles. The number of amides is 2. The number of aliphatic hydroxyl groups is 2. The van der Waals surface area contributed by atoms with Gasteiger partial charge in [-0.3, -0.25) is 23.7 Å². The molecule has 3 heterocycles. The van der Waals surface area contributed by atoms with Gasteiger partial charge in [-0.15, -0.1) is 0 Å². The number of ether oxygens (including phenoxy) is 3. The number of phosphoric acid groups is 2. The highest BCUT2D eigenvalue weighted by Crippen LogP contribution is 2.62. The highest BCUT2D eigenvalue weighted by molar-refractivity contribution is 7.70. The lowest BCUT2D eigenvalue weighted by Gasteiger charge is -2.35. The molecule has 0 spiro atoms. The molecule has 2 aromatic rings. The van der Waals surface area contributed by atoms with E-state index < -0.39 is 72.0 Å². The number of carbonyl (C=O) groups excluding carboxylic acids is 1. The fourth-order valence-corrected chi connectivity index (χ4v) is 8.62. The maximum atomic E-state index is 12.9. The highest BCUT2D eigenvalue weighted by Gasteiger charge is 2.49. The van der Waals surface area contributed by atoms with E-state index in [0.717, 1.165) is 17.0 Å². The number of nitrogens with one attached hydrogen (secondary N) is 1. The summed E-state index contributed by atoms with van der Waals surface area (Å²) in [6.07, 6.45) is -4.70. The zero-order valence-electron chi connectivity index (χ0n) is 24.3. The van der Waals surface area contributed by atoms with Gasteiger partial charge in [-0.1, -0.05) is 24.3 Å². The zero-order valence-corrected chi connectivity index (χ0v) is 27.0. The predicted molar refractivity (Wildman–Crippen MR) is 151 cm³/mol. The van der Waals surface area contributed by atoms with Gasteiger partial charge in [0.2, 0.25) is 6.23 Å². The summed E-state index contributed by atoms with van der Waals surface area (Å²) in [5, 5.41) is 23.1. The summed E-state index contributed by atoms with van der Waals surface area (Å²) in [4.78, 5) is 50.7. The standard InChI is InChI=1S/C26H31N2O15P3/c1-14-7-8-19(9-15(14)2)44(32,33)42-46(36,37)43-45(34,35)39-13-21-22(29)23(30)25(41-21)28-12-17-11-20(40-24(17)27-26(28)31)16-5-4-6-18(10-16)38-3/h4-12,21-25,29-30H,13H2,1-3H3,(H,27,31)(H,32,33)(H,34,35)(H,36,37)/p-3/t21-,22?,23+,24?,25-/m1/s1. The number of methoxy groups -OCH3 is 1. The minimum atomic E-state index is -6.07. The summed E-state index contributed by atoms with van der Waals surface area (Å²) in [6.45, 7) is 2.15. The second-order valence-corrected chi connectivity index (χ2v) is 15.3. The molecule has 1 fully saturated rings. The molecule has 8 atom stereocenters. The third kappa shape index (κ3) is 7.47. The number of phosphoric ester groups is 1. The quantitative estimate of drug-likeness (QED) is 0.265. The summed E-state index contributed by atoms with van der Waals surface area (Å²) in [5.41, 5.74) is 2.30. The largest absolute Gasteiger partial charge is 0.775 e. The van der Waals surface area contributed by atoms with Crippen LogP contribution in [-0.2, 0) is 36.3 Å². The minimum absolute atomic E-state index is 0.407. The molecule has 0 aromatic heterocycles. The number of urea groups is 1. The minimum Gasteiger partial charge on any atom is -0.775 e. The molecule has 2 amide bonds. The molecule has 3 aliphatic rings. The first kappa shape index (κ1) is 34.5. The number of hydrogen-bond acceptors (Lipinski definition) is 15. The molecule has 1 saturated heterocycles. The Hall–Kier alpha value is -2.88. The van der Waals surface area contributed by atoms with Gasteiger partial charge in [0.05, 0.1) is 13.7 Å². The van der Waals surface area contributed by atoms with E-state index in [1.54, 1.807) is 44.2 Å². The Kier molecular flexibility index (Phi) is 9.71. The molecule has 0 saturated carbocycles. The maximum absolute atomic E-state index is 12.9. The normalized spacial score (nSPS) is 28.1. The lowest BCUT2D eigenvalue weighted by Crippen LogP contribution is -2.54. The molecule has 46 heavy (non-hydrogen) atoms. The first-order valence-electron chi connectivity index (χ1n) is 13.4. The third-order valence-corrected chi connectivity index (χ3v) is 11.8. The van der Waals surface area contributed by atoms with Gasteiger partial charge in [-0.2, -0.15) is 0 Å². The Morgan fingerprint density at radius 2 is 1.72 bits per heavy atom. The SMILES string of the molecule is COc1cccc(C2=CC3=CN([C@@H]4O[C@H](COP(=O)([O-])OP(=O)([O-])OP(=O)([O-])c5ccc(C)c(C)c5)C(O)[C@@H]4O)C(=O)NC3O2)c1. The molecule has 250 valence electrons. The van der Waals surface area contributed by atoms with Gasteiger partial charge in [0.15, 0.2) is 13.8 Å². The van der Waals surface area contributed by atoms with Crippen LogP contribution >= 0.6 is 23.2 Å². The van der Waals surface area contributed by atoms with Crippen molar-refractivity contribution < 1.29 is 70.7 Å². The van der Waals surface area contributed by atoms with Crippen LogP contribution in [0.3, 0.4) is 0 Å². The first-order valence-corrected chi connectivity index (χ1v) is 17.9. The van der Waals surface area contributed by atoms with Crippen molar-refractivity contribution >= 4 is 40.3 Å². The number of benzene rings is 2. The van der Waals surface area contributed by atoms with Gasteiger partial charge in [-0.05, 0) is 49.2 Å². The topological polar surface area (TPSA) is 249 Å². The number of aryl methyl sites for hydroxylation is 2. The lowest BCUT2D eigenvalue weighted by molar-refractivity contribution is -0.245. The van der Waals surface area contributed by atoms with Gasteiger partial charge in [-0.25, -0.2) is 9.11 Å². The van der Waals surface area contributed by atoms with Crippen LogP contribution in [-0.4, -0.2) is 65.6 Å². The number of hydrogen-bond donors (Lipinski definition) is 3. The monoisotopic (exact) mass is 701 g/mol. The molecule has 17 nitrogen and oxygen atoms in total. The number of rotatable bonds is 11. The van der Waals surface area contributed by atoms with Gasteiger partial charge in [0, 0.05) is 22.6 Å². The van der Waals surface area contributed by atoms with Crippen molar-refractivity contribution in [2.75, 3.05) is 13.7 Å². The van der Waals surface area contributed by atoms with Crippen molar-refractivity contribution in [3.8, 4) is 5.75 Å². The summed E-state index contributed by atoms with van der Waals surface area (Å²) in [7, 11) is -15.8. The smallest absolute Gasteiger partial charge is 0.326 e. The van der Waals surface area contributed by atoms with Crippen LogP contribution < -0.4 is 30.0 Å². The molecule has 3 N–H and O–H groups in total. The molecule has 0 radical (unpaired) electrons. The second-order valence-electron chi connectivity index (χ2n) is 10.4. The van der Waals surface area contributed by atoms with Crippen molar-refractivity contribution in [3.05, 3.63) is 77.0 Å². The van der Waals surface area contributed by atoms with E-state index in [1.165, 1.54) is 19.4 Å². The van der Waals surface area contributed by atoms with E-state index in [4.69, 9.17) is 14.2 Å². The maximum Gasteiger partial charge on any atom is 0.326 e. The van der Waals surface area contributed by atoms with Gasteiger partial charge in [0.1, 0.15) is 29.8 Å². The van der Waals surface area contributed by atoms with Crippen LogP contribution in [0.5, 0.6) is 5.75 Å². The van der Waals surface area contributed by atoms with Crippen LogP contribution in [0.15, 0.2) is 60.3 Å². The Bertz CT molecular complexity index is 1730. The Morgan fingerprint density at radius 3 is 2.41 bits per heavy atom. The number of aliphatic hydroxyl groups excluding tert-OH is 2. The fourth-order valence-electron chi connectivity index (χ4n) is 4.69. The van der Waals surface area contributed by atoms with Crippen molar-refractivity contribution in [1.82, 2.24) is 10.2 Å². The van der Waals surface area contributed by atoms with E-state index >= 15 is 0 Å². The molecule has 20 heteroatoms. The first-order chi connectivity index (χ1) is 21.5. The Labute approximate surface area is 262 Å². The summed E-state index contributed by atoms with van der Waals surface area (Å²) in [6, 6.07) is 9.76. The van der Waals surface area contributed by atoms with E-state index in [0.29, 0.717) is 33.8 Å². The summed E-state index contributed by atoms with van der Waals surface area (Å²) < 4.78 is 65.9. The summed E-state index contributed by atoms with van der Waals surface area (Å²) >= 11 is 0. The molecule has 0 bridgehead atoms. The van der Waals surface area contributed by atoms with E-state index in [2.05, 4.69) is 18.5 Å². The van der Waals surface area contributed by atoms with Crippen molar-refractivity contribution in [2.24, 2.45) is 0 Å². The molecule has 0 aliphatic carbocycles. The fraction of sp³-hybridized carbons (Fsp3) is 0.346. The summed E-state index contributed by atoms with van der Waals surface area (Å²) in [5.74, 6) is 0.979. The molecular formula is C26H28N2O15P3-3. The van der Waals surface area contributed by atoms with Crippen LogP contribution in [0.1, 0.15) is 16.7 Å². The van der Waals surface area contributed by atoms with Crippen LogP contribution in [0.4, 0.5) is 4.79 Å². The van der Waals surface area contributed by atoms with E-state index in [9.17, 15) is 43.4 Å². The van der Waals surface area contributed by atoms with Crippen molar-refractivity contribution in [2.45, 2.75) is 44.6 Å². The Balaban J connectivity index is 1.22. The van der Waals surface area contributed by atoms with Crippen LogP contribution in [0, 0.1) is 13.8 Å². The van der Waals surface area contributed by atoms with Crippen molar-refractivity contribution in [3.63, 3.8) is 0 Å². The number of fused-ring (bicyclic) bond motifs is 1. The zero-order chi connectivity index (χ0) is 33.6. The second kappa shape index (κ2) is 13.0. The van der Waals surface area contributed by atoms with Crippen LogP contribution in [0.2, 0.25) is 0 Å². The van der Waals surface area contributed by atoms with Gasteiger partial charge < -0.3 is 48.2 Å². The molecule has 5 rings (SSSR count). The molecule has 3 aliphatic heterocycles. The molecule has 5 unspecified atom stereocenters. The third-order valence-electron chi connectivity index (χ3n) is 7.20. The van der Waals surface area contributed by atoms with E-state index in [1.807, 2.05) is 0 Å². The number of carbonyl (C=O) groups is 1. The average molecular weight is 701 g/mol. The van der Waals surface area contributed by atoms with Gasteiger partial charge in [0.25, 0.3) is 15.6 Å². The Morgan fingerprint density at radius 1 is 0.978 bits per heavy atom. The number of nitrogens with zero attached hydrogens (tertiary/aromatic N) is 1.